The summed E-state index contributed by atoms with van der Waals surface area (Å²) in [7, 11) is 0. The van der Waals surface area contributed by atoms with Crippen molar-refractivity contribution >= 4 is 28.7 Å². The van der Waals surface area contributed by atoms with Crippen molar-refractivity contribution in [2.75, 3.05) is 17.3 Å². The van der Waals surface area contributed by atoms with Gasteiger partial charge in [-0.1, -0.05) is 39.8 Å². The highest BCUT2D eigenvalue weighted by Gasteiger charge is 2.41. The molecular formula is C23H25ClFN3O. The molecule has 0 saturated carbocycles. The summed E-state index contributed by atoms with van der Waals surface area (Å²) in [5.41, 5.74) is 4.85. The molecule has 3 aromatic rings. The van der Waals surface area contributed by atoms with Gasteiger partial charge >= 0.3 is 0 Å². The van der Waals surface area contributed by atoms with Crippen LogP contribution in [0.1, 0.15) is 56.3 Å². The Kier molecular flexibility index (Phi) is 4.89. The molecule has 0 saturated heterocycles. The molecule has 0 spiro atoms. The van der Waals surface area contributed by atoms with E-state index in [2.05, 4.69) is 38.2 Å². The van der Waals surface area contributed by atoms with Crippen molar-refractivity contribution in [3.8, 4) is 0 Å². The third-order valence-electron chi connectivity index (χ3n) is 5.62. The Labute approximate surface area is 175 Å². The number of fused-ring (bicyclic) bond motifs is 3. The second-order valence-corrected chi connectivity index (χ2v) is 8.96. The van der Waals surface area contributed by atoms with E-state index in [0.717, 1.165) is 33.8 Å². The molecule has 0 radical (unpaired) electrons. The SMILES string of the molecule is CC(C)c1ncc2c(Cc3ccc(F)cc3)cc3c(n12)C(C)(C)CN3C(=O)CCl. The van der Waals surface area contributed by atoms with Crippen LogP contribution in [-0.4, -0.2) is 27.7 Å². The number of hydrogen-bond acceptors (Lipinski definition) is 2. The number of halogens is 2. The molecule has 0 bridgehead atoms. The first-order valence-electron chi connectivity index (χ1n) is 9.87. The van der Waals surface area contributed by atoms with Crippen molar-refractivity contribution in [1.82, 2.24) is 9.38 Å². The molecule has 6 heteroatoms. The number of imidazole rings is 1. The van der Waals surface area contributed by atoms with Crippen molar-refractivity contribution < 1.29 is 9.18 Å². The number of carbonyl (C=O) groups excluding carboxylic acids is 1. The zero-order valence-electron chi connectivity index (χ0n) is 17.2. The average molecular weight is 414 g/mol. The van der Waals surface area contributed by atoms with Crippen LogP contribution in [0.15, 0.2) is 36.5 Å². The van der Waals surface area contributed by atoms with Gasteiger partial charge in [0, 0.05) is 17.9 Å². The summed E-state index contributed by atoms with van der Waals surface area (Å²) in [4.78, 5) is 19.1. The highest BCUT2D eigenvalue weighted by molar-refractivity contribution is 6.29. The minimum Gasteiger partial charge on any atom is -0.309 e. The average Bonchev–Trinajstić information content (AvgIpc) is 3.22. The van der Waals surface area contributed by atoms with Crippen molar-refractivity contribution in [1.29, 1.82) is 0 Å². The summed E-state index contributed by atoms with van der Waals surface area (Å²) in [5, 5.41) is 0. The van der Waals surface area contributed by atoms with Crippen LogP contribution >= 0.6 is 11.6 Å². The summed E-state index contributed by atoms with van der Waals surface area (Å²) < 4.78 is 15.6. The molecule has 1 aromatic carbocycles. The van der Waals surface area contributed by atoms with Crippen molar-refractivity contribution in [2.45, 2.75) is 45.4 Å². The van der Waals surface area contributed by atoms with E-state index >= 15 is 0 Å². The third kappa shape index (κ3) is 3.31. The second-order valence-electron chi connectivity index (χ2n) is 8.70. The Morgan fingerprint density at radius 1 is 1.28 bits per heavy atom. The molecule has 4 rings (SSSR count). The first-order valence-corrected chi connectivity index (χ1v) is 10.4. The van der Waals surface area contributed by atoms with Crippen LogP contribution in [0.2, 0.25) is 0 Å². The molecule has 0 unspecified atom stereocenters. The Bertz CT molecular complexity index is 1090. The lowest BCUT2D eigenvalue weighted by atomic mass is 9.90. The van der Waals surface area contributed by atoms with Crippen molar-refractivity contribution in [3.63, 3.8) is 0 Å². The van der Waals surface area contributed by atoms with Gasteiger partial charge in [0.2, 0.25) is 5.91 Å². The minimum atomic E-state index is -0.250. The number of nitrogens with zero attached hydrogens (tertiary/aromatic N) is 3. The maximum absolute atomic E-state index is 13.3. The number of aromatic nitrogens is 2. The zero-order chi connectivity index (χ0) is 20.9. The van der Waals surface area contributed by atoms with E-state index in [1.54, 1.807) is 17.0 Å². The summed E-state index contributed by atoms with van der Waals surface area (Å²) in [5.74, 6) is 0.806. The number of alkyl halides is 1. The van der Waals surface area contributed by atoms with Gasteiger partial charge < -0.3 is 4.90 Å². The van der Waals surface area contributed by atoms with E-state index in [1.165, 1.54) is 12.1 Å². The van der Waals surface area contributed by atoms with Crippen molar-refractivity contribution in [2.24, 2.45) is 0 Å². The Morgan fingerprint density at radius 3 is 2.59 bits per heavy atom. The predicted molar refractivity (Wildman–Crippen MR) is 115 cm³/mol. The van der Waals surface area contributed by atoms with Crippen molar-refractivity contribution in [3.05, 3.63) is 65.0 Å². The summed E-state index contributed by atoms with van der Waals surface area (Å²) >= 11 is 5.91. The molecule has 152 valence electrons. The van der Waals surface area contributed by atoms with Crippen LogP contribution in [0.5, 0.6) is 0 Å². The topological polar surface area (TPSA) is 37.6 Å². The molecule has 1 aliphatic rings. The van der Waals surface area contributed by atoms with Gasteiger partial charge in [0.1, 0.15) is 17.5 Å². The van der Waals surface area contributed by atoms with Gasteiger partial charge in [-0.05, 0) is 35.7 Å². The number of hydrogen-bond donors (Lipinski definition) is 0. The summed E-state index contributed by atoms with van der Waals surface area (Å²) in [6.07, 6.45) is 2.54. The first kappa shape index (κ1) is 19.9. The van der Waals surface area contributed by atoms with E-state index < -0.39 is 0 Å². The zero-order valence-corrected chi connectivity index (χ0v) is 17.9. The number of carbonyl (C=O) groups is 1. The van der Waals surface area contributed by atoms with Crippen LogP contribution in [-0.2, 0) is 16.6 Å². The Morgan fingerprint density at radius 2 is 1.97 bits per heavy atom. The maximum atomic E-state index is 13.3. The van der Waals surface area contributed by atoms with E-state index in [-0.39, 0.29) is 28.9 Å². The molecule has 1 aliphatic heterocycles. The van der Waals surface area contributed by atoms with Gasteiger partial charge in [-0.25, -0.2) is 9.37 Å². The Balaban J connectivity index is 1.97. The lowest BCUT2D eigenvalue weighted by molar-refractivity contribution is -0.116. The lowest BCUT2D eigenvalue weighted by Crippen LogP contribution is -2.34. The number of anilines is 1. The number of pyridine rings is 1. The summed E-state index contributed by atoms with van der Waals surface area (Å²) in [6.45, 7) is 9.13. The first-order chi connectivity index (χ1) is 13.7. The fraction of sp³-hybridized carbons (Fsp3) is 0.391. The maximum Gasteiger partial charge on any atom is 0.241 e. The van der Waals surface area contributed by atoms with Crippen LogP contribution < -0.4 is 4.90 Å². The highest BCUT2D eigenvalue weighted by atomic mass is 35.5. The number of benzene rings is 1. The molecule has 0 atom stereocenters. The van der Waals surface area contributed by atoms with Gasteiger partial charge in [-0.15, -0.1) is 11.6 Å². The van der Waals surface area contributed by atoms with Gasteiger partial charge in [0.25, 0.3) is 0 Å². The smallest absolute Gasteiger partial charge is 0.241 e. The van der Waals surface area contributed by atoms with Crippen LogP contribution in [0.25, 0.3) is 5.52 Å². The fourth-order valence-electron chi connectivity index (χ4n) is 4.33. The molecule has 4 nitrogen and oxygen atoms in total. The normalized spacial score (nSPS) is 15.3. The molecule has 0 aliphatic carbocycles. The van der Waals surface area contributed by atoms with Crippen LogP contribution in [0, 0.1) is 5.82 Å². The standard InChI is InChI=1S/C23H25ClFN3O/c1-14(2)22-26-12-19-16(9-15-5-7-17(25)8-6-15)10-18-21(28(19)22)23(3,4)13-27(18)20(29)11-24/h5-8,10,12,14H,9,11,13H2,1-4H3. The number of amides is 1. The molecule has 29 heavy (non-hydrogen) atoms. The van der Waals surface area contributed by atoms with E-state index in [0.29, 0.717) is 13.0 Å². The van der Waals surface area contributed by atoms with Gasteiger partial charge in [-0.2, -0.15) is 0 Å². The minimum absolute atomic E-state index is 0.0538. The molecule has 2 aromatic heterocycles. The molecule has 0 fully saturated rings. The molecule has 1 amide bonds. The fourth-order valence-corrected chi connectivity index (χ4v) is 4.47. The Hall–Kier alpha value is -2.40. The van der Waals surface area contributed by atoms with E-state index in [4.69, 9.17) is 16.6 Å². The molecular weight excluding hydrogens is 389 g/mol. The molecule has 3 heterocycles. The van der Waals surface area contributed by atoms with Gasteiger partial charge in [0.15, 0.2) is 0 Å². The monoisotopic (exact) mass is 413 g/mol. The largest absolute Gasteiger partial charge is 0.309 e. The van der Waals surface area contributed by atoms with Crippen LogP contribution in [0.3, 0.4) is 0 Å². The van der Waals surface area contributed by atoms with Gasteiger partial charge in [-0.3, -0.25) is 9.20 Å². The third-order valence-corrected chi connectivity index (χ3v) is 5.85. The summed E-state index contributed by atoms with van der Waals surface area (Å²) in [6, 6.07) is 8.62. The quantitative estimate of drug-likeness (QED) is 0.561. The van der Waals surface area contributed by atoms with E-state index in [9.17, 15) is 9.18 Å². The molecule has 0 N–H and O–H groups in total. The van der Waals surface area contributed by atoms with E-state index in [1.807, 2.05) is 6.20 Å². The number of rotatable bonds is 4. The highest BCUT2D eigenvalue weighted by Crippen LogP contribution is 2.43. The second kappa shape index (κ2) is 7.13. The van der Waals surface area contributed by atoms with Crippen LogP contribution in [0.4, 0.5) is 10.1 Å². The predicted octanol–water partition coefficient (Wildman–Crippen LogP) is 5.05. The lowest BCUT2D eigenvalue weighted by Gasteiger charge is -2.21. The van der Waals surface area contributed by atoms with Gasteiger partial charge in [0.05, 0.1) is 23.1 Å².